The highest BCUT2D eigenvalue weighted by Crippen LogP contribution is 2.33. The SMILES string of the molecule is CCC(C)COc1cc(N([O-])C(C)(C)C)cc([N+](=O)C(C)(C)C)c1. The summed E-state index contributed by atoms with van der Waals surface area (Å²) in [5.74, 6) is 0.965. The van der Waals surface area contributed by atoms with Crippen LogP contribution < -0.4 is 9.80 Å². The Labute approximate surface area is 146 Å². The van der Waals surface area contributed by atoms with Crippen LogP contribution in [0.5, 0.6) is 5.75 Å². The average molecular weight is 336 g/mol. The highest BCUT2D eigenvalue weighted by molar-refractivity contribution is 5.59. The smallest absolute Gasteiger partial charge is 0.262 e. The third kappa shape index (κ3) is 5.48. The summed E-state index contributed by atoms with van der Waals surface area (Å²) in [6, 6.07) is 5.05. The van der Waals surface area contributed by atoms with Crippen LogP contribution in [0, 0.1) is 16.0 Å². The van der Waals surface area contributed by atoms with Crippen molar-refractivity contribution in [2.75, 3.05) is 11.7 Å². The fraction of sp³-hybridized carbons (Fsp3) is 0.684. The maximum absolute atomic E-state index is 12.6. The lowest BCUT2D eigenvalue weighted by Crippen LogP contribution is -2.36. The molecule has 0 aliphatic carbocycles. The van der Waals surface area contributed by atoms with Crippen molar-refractivity contribution in [3.05, 3.63) is 28.3 Å². The van der Waals surface area contributed by atoms with Gasteiger partial charge in [0.05, 0.1) is 12.7 Å². The summed E-state index contributed by atoms with van der Waals surface area (Å²) >= 11 is 0. The fourth-order valence-corrected chi connectivity index (χ4v) is 2.02. The molecule has 0 amide bonds. The number of ether oxygens (including phenoxy) is 1. The van der Waals surface area contributed by atoms with Crippen LogP contribution in [0.15, 0.2) is 18.2 Å². The summed E-state index contributed by atoms with van der Waals surface area (Å²) in [4.78, 5) is 12.6. The predicted molar refractivity (Wildman–Crippen MR) is 100 cm³/mol. The molecule has 0 spiro atoms. The summed E-state index contributed by atoms with van der Waals surface area (Å²) in [5.41, 5.74) is -0.321. The van der Waals surface area contributed by atoms with Crippen molar-refractivity contribution in [2.24, 2.45) is 5.92 Å². The quantitative estimate of drug-likeness (QED) is 0.514. The molecular formula is C19H32N2O3. The van der Waals surface area contributed by atoms with Crippen LogP contribution in [-0.2, 0) is 0 Å². The Bertz CT molecular complexity index is 571. The zero-order valence-electron chi connectivity index (χ0n) is 16.3. The second-order valence-electron chi connectivity index (χ2n) is 8.44. The molecule has 0 aliphatic heterocycles. The Hall–Kier alpha value is -1.62. The Kier molecular flexibility index (Phi) is 6.39. The molecule has 5 heteroatoms. The first-order valence-corrected chi connectivity index (χ1v) is 8.59. The molecular weight excluding hydrogens is 304 g/mol. The van der Waals surface area contributed by atoms with Gasteiger partial charge < -0.3 is 15.0 Å². The van der Waals surface area contributed by atoms with Crippen molar-refractivity contribution in [1.82, 2.24) is 0 Å². The third-order valence-electron chi connectivity index (χ3n) is 3.80. The number of hydrogen-bond acceptors (Lipinski definition) is 4. The van der Waals surface area contributed by atoms with Crippen molar-refractivity contribution >= 4 is 11.4 Å². The van der Waals surface area contributed by atoms with Gasteiger partial charge in [-0.05, 0) is 26.7 Å². The predicted octanol–water partition coefficient (Wildman–Crippen LogP) is 5.42. The lowest BCUT2D eigenvalue weighted by Gasteiger charge is -2.43. The van der Waals surface area contributed by atoms with Gasteiger partial charge in [0.25, 0.3) is 5.69 Å². The molecule has 0 aromatic heterocycles. The molecule has 0 bridgehead atoms. The van der Waals surface area contributed by atoms with E-state index in [0.717, 1.165) is 16.2 Å². The molecule has 1 unspecified atom stereocenters. The van der Waals surface area contributed by atoms with Gasteiger partial charge in [-0.2, -0.15) is 0 Å². The summed E-state index contributed by atoms with van der Waals surface area (Å²) in [5, 5.41) is 13.5. The van der Waals surface area contributed by atoms with Crippen LogP contribution >= 0.6 is 0 Å². The lowest BCUT2D eigenvalue weighted by atomic mass is 10.1. The molecule has 1 aromatic carbocycles. The first-order valence-electron chi connectivity index (χ1n) is 8.59. The van der Waals surface area contributed by atoms with Gasteiger partial charge in [-0.1, -0.05) is 20.3 Å². The first-order chi connectivity index (χ1) is 10.9. The van der Waals surface area contributed by atoms with E-state index >= 15 is 0 Å². The molecule has 1 atom stereocenters. The maximum Gasteiger partial charge on any atom is 0.262 e. The molecule has 0 aliphatic rings. The third-order valence-corrected chi connectivity index (χ3v) is 3.80. The van der Waals surface area contributed by atoms with Gasteiger partial charge in [0.15, 0.2) is 0 Å². The first kappa shape index (κ1) is 20.4. The number of benzene rings is 1. The second kappa shape index (κ2) is 7.51. The normalized spacial score (nSPS) is 13.5. The van der Waals surface area contributed by atoms with E-state index in [9.17, 15) is 10.1 Å². The number of nitrogens with zero attached hydrogens (tertiary/aromatic N) is 2. The van der Waals surface area contributed by atoms with Crippen molar-refractivity contribution < 1.29 is 9.50 Å². The van der Waals surface area contributed by atoms with Gasteiger partial charge in [0, 0.05) is 53.8 Å². The van der Waals surface area contributed by atoms with E-state index < -0.39 is 11.1 Å². The highest BCUT2D eigenvalue weighted by Gasteiger charge is 2.32. The zero-order chi connectivity index (χ0) is 18.7. The average Bonchev–Trinajstić information content (AvgIpc) is 2.48. The molecule has 0 saturated heterocycles. The van der Waals surface area contributed by atoms with E-state index in [-0.39, 0.29) is 0 Å². The van der Waals surface area contributed by atoms with Gasteiger partial charge in [-0.15, -0.1) is 0 Å². The van der Waals surface area contributed by atoms with Gasteiger partial charge >= 0.3 is 0 Å². The van der Waals surface area contributed by atoms with Crippen LogP contribution in [0.1, 0.15) is 61.8 Å². The van der Waals surface area contributed by atoms with Crippen molar-refractivity contribution in [3.8, 4) is 5.75 Å². The number of nitroso groups, excluding NO2 is 1. The van der Waals surface area contributed by atoms with Gasteiger partial charge in [-0.25, -0.2) is 0 Å². The summed E-state index contributed by atoms with van der Waals surface area (Å²) < 4.78 is 6.75. The summed E-state index contributed by atoms with van der Waals surface area (Å²) in [7, 11) is 0. The van der Waals surface area contributed by atoms with E-state index in [1.807, 2.05) is 41.5 Å². The van der Waals surface area contributed by atoms with E-state index in [1.165, 1.54) is 0 Å². The standard InChI is InChI=1S/C19H32N2O3/c1-9-14(2)13-24-17-11-15(20(22)18(3,4)5)10-16(12-17)21(23)19(6,7)8/h10-12,14H,9,13H2,1-8H3. The highest BCUT2D eigenvalue weighted by atomic mass is 16.5. The number of rotatable bonds is 6. The van der Waals surface area contributed by atoms with Gasteiger partial charge in [0.2, 0.25) is 5.54 Å². The van der Waals surface area contributed by atoms with Crippen molar-refractivity contribution in [1.29, 1.82) is 0 Å². The molecule has 0 heterocycles. The van der Waals surface area contributed by atoms with Gasteiger partial charge in [-0.3, -0.25) is 0 Å². The van der Waals surface area contributed by atoms with Gasteiger partial charge in [0.1, 0.15) is 5.75 Å². The monoisotopic (exact) mass is 336 g/mol. The van der Waals surface area contributed by atoms with E-state index in [4.69, 9.17) is 4.74 Å². The lowest BCUT2D eigenvalue weighted by molar-refractivity contribution is -0.540. The minimum absolute atomic E-state index is 0.411. The van der Waals surface area contributed by atoms with Crippen LogP contribution in [0.25, 0.3) is 0 Å². The Balaban J connectivity index is 3.26. The fourth-order valence-electron chi connectivity index (χ4n) is 2.02. The Morgan fingerprint density at radius 1 is 1.17 bits per heavy atom. The topological polar surface area (TPSA) is 55.6 Å². The largest absolute Gasteiger partial charge is 0.758 e. The van der Waals surface area contributed by atoms with Crippen LogP contribution in [0.3, 0.4) is 0 Å². The molecule has 0 radical (unpaired) electrons. The minimum Gasteiger partial charge on any atom is -0.758 e. The van der Waals surface area contributed by atoms with Crippen molar-refractivity contribution in [2.45, 2.75) is 72.9 Å². The number of hydroxylamine groups is 1. The molecule has 136 valence electrons. The van der Waals surface area contributed by atoms with Crippen LogP contribution in [0.2, 0.25) is 0 Å². The number of hydrogen-bond donors (Lipinski definition) is 0. The van der Waals surface area contributed by atoms with E-state index in [2.05, 4.69) is 13.8 Å². The Morgan fingerprint density at radius 3 is 2.21 bits per heavy atom. The molecule has 0 N–H and O–H groups in total. The summed E-state index contributed by atoms with van der Waals surface area (Å²) in [6.45, 7) is 15.8. The summed E-state index contributed by atoms with van der Waals surface area (Å²) in [6.07, 6.45) is 1.01. The van der Waals surface area contributed by atoms with Crippen LogP contribution in [-0.4, -0.2) is 22.4 Å². The molecule has 1 aromatic rings. The Morgan fingerprint density at radius 2 is 1.75 bits per heavy atom. The molecule has 0 fully saturated rings. The van der Waals surface area contributed by atoms with E-state index in [1.54, 1.807) is 18.2 Å². The van der Waals surface area contributed by atoms with E-state index in [0.29, 0.717) is 29.6 Å². The minimum atomic E-state index is -0.595. The molecule has 24 heavy (non-hydrogen) atoms. The number of anilines is 1. The van der Waals surface area contributed by atoms with Crippen LogP contribution in [0.4, 0.5) is 11.4 Å². The molecule has 0 saturated carbocycles. The molecule has 5 nitrogen and oxygen atoms in total. The maximum atomic E-state index is 12.6. The molecule has 1 rings (SSSR count). The zero-order valence-corrected chi connectivity index (χ0v) is 16.3. The second-order valence-corrected chi connectivity index (χ2v) is 8.44. The van der Waals surface area contributed by atoms with Crippen molar-refractivity contribution in [3.63, 3.8) is 0 Å².